The fourth-order valence-electron chi connectivity index (χ4n) is 4.35. The first-order chi connectivity index (χ1) is 13.8. The second-order valence-electron chi connectivity index (χ2n) is 8.48. The number of carbonyl (C=O) groups excluding carboxylic acids is 2. The van der Waals surface area contributed by atoms with Gasteiger partial charge in [0.05, 0.1) is 11.6 Å². The van der Waals surface area contributed by atoms with E-state index in [4.69, 9.17) is 10.8 Å². The summed E-state index contributed by atoms with van der Waals surface area (Å²) in [6.45, 7) is 0. The number of anilines is 1. The van der Waals surface area contributed by atoms with E-state index < -0.39 is 12.0 Å². The summed E-state index contributed by atoms with van der Waals surface area (Å²) >= 11 is 0. The Hall–Kier alpha value is -2.41. The van der Waals surface area contributed by atoms with Crippen LogP contribution >= 0.6 is 0 Å². The average Bonchev–Trinajstić information content (AvgIpc) is 2.66. The van der Waals surface area contributed by atoms with E-state index in [1.807, 2.05) is 11.9 Å². The van der Waals surface area contributed by atoms with Crippen molar-refractivity contribution in [3.05, 3.63) is 29.8 Å². The maximum absolute atomic E-state index is 12.6. The first kappa shape index (κ1) is 21.3. The number of nitrogens with zero attached hydrogens (tertiary/aromatic N) is 1. The Kier molecular flexibility index (Phi) is 6.90. The van der Waals surface area contributed by atoms with Gasteiger partial charge in [0, 0.05) is 25.2 Å². The zero-order chi connectivity index (χ0) is 21.0. The Balaban J connectivity index is 1.44. The van der Waals surface area contributed by atoms with E-state index in [-0.39, 0.29) is 29.2 Å². The molecule has 1 atom stereocenters. The predicted octanol–water partition coefficient (Wildman–Crippen LogP) is 2.86. The quantitative estimate of drug-likeness (QED) is 0.650. The molecule has 4 N–H and O–H groups in total. The van der Waals surface area contributed by atoms with Crippen molar-refractivity contribution in [2.24, 2.45) is 17.6 Å². The molecular formula is C22H31N3O4. The average molecular weight is 402 g/mol. The molecule has 7 heteroatoms. The van der Waals surface area contributed by atoms with Crippen LogP contribution in [0.4, 0.5) is 5.69 Å². The van der Waals surface area contributed by atoms with Crippen molar-refractivity contribution < 1.29 is 19.5 Å². The maximum atomic E-state index is 12.6. The highest BCUT2D eigenvalue weighted by atomic mass is 16.4. The van der Waals surface area contributed by atoms with E-state index in [1.54, 1.807) is 12.1 Å². The third kappa shape index (κ3) is 5.35. The van der Waals surface area contributed by atoms with Crippen LogP contribution in [0.1, 0.15) is 61.7 Å². The van der Waals surface area contributed by atoms with Gasteiger partial charge in [-0.2, -0.15) is 0 Å². The van der Waals surface area contributed by atoms with Crippen molar-refractivity contribution in [2.75, 3.05) is 12.4 Å². The fraction of sp³-hybridized carbons (Fsp3) is 0.591. The lowest BCUT2D eigenvalue weighted by molar-refractivity contribution is -0.136. The summed E-state index contributed by atoms with van der Waals surface area (Å²) in [6, 6.07) is 6.16. The maximum Gasteiger partial charge on any atom is 0.335 e. The molecule has 3 rings (SSSR count). The molecule has 2 saturated carbocycles. The van der Waals surface area contributed by atoms with Gasteiger partial charge in [-0.15, -0.1) is 0 Å². The number of likely N-dealkylation sites (N-methyl/N-ethyl adjacent to an activating group) is 1. The molecule has 2 fully saturated rings. The van der Waals surface area contributed by atoms with Crippen molar-refractivity contribution in [1.82, 2.24) is 4.90 Å². The van der Waals surface area contributed by atoms with Gasteiger partial charge >= 0.3 is 5.97 Å². The molecule has 1 aromatic rings. The molecule has 2 amide bonds. The molecule has 1 aromatic carbocycles. The summed E-state index contributed by atoms with van der Waals surface area (Å²) in [5.41, 5.74) is 6.92. The molecule has 2 aliphatic carbocycles. The van der Waals surface area contributed by atoms with Crippen LogP contribution in [-0.4, -0.2) is 46.9 Å². The monoisotopic (exact) mass is 401 g/mol. The van der Waals surface area contributed by atoms with Crippen LogP contribution in [0, 0.1) is 11.8 Å². The first-order valence-corrected chi connectivity index (χ1v) is 10.5. The van der Waals surface area contributed by atoms with Gasteiger partial charge < -0.3 is 21.1 Å². The molecule has 2 aliphatic rings. The molecule has 0 bridgehead atoms. The minimum absolute atomic E-state index is 0.0502. The Morgan fingerprint density at radius 2 is 1.86 bits per heavy atom. The van der Waals surface area contributed by atoms with Crippen LogP contribution in [0.5, 0.6) is 0 Å². The lowest BCUT2D eigenvalue weighted by atomic mass is 9.77. The third-order valence-electron chi connectivity index (χ3n) is 6.52. The Labute approximate surface area is 171 Å². The fourth-order valence-corrected chi connectivity index (χ4v) is 4.35. The number of carboxylic acid groups (broad SMARTS) is 1. The Morgan fingerprint density at radius 3 is 2.45 bits per heavy atom. The van der Waals surface area contributed by atoms with E-state index in [2.05, 4.69) is 5.32 Å². The highest BCUT2D eigenvalue weighted by Gasteiger charge is 2.34. The van der Waals surface area contributed by atoms with Gasteiger partial charge in [-0.05, 0) is 75.0 Å². The first-order valence-electron chi connectivity index (χ1n) is 10.5. The minimum atomic E-state index is -1.02. The van der Waals surface area contributed by atoms with Crippen LogP contribution in [0.15, 0.2) is 24.3 Å². The second kappa shape index (κ2) is 9.39. The third-order valence-corrected chi connectivity index (χ3v) is 6.52. The van der Waals surface area contributed by atoms with Gasteiger partial charge in [0.1, 0.15) is 0 Å². The van der Waals surface area contributed by atoms with Gasteiger partial charge in [0.2, 0.25) is 11.8 Å². The highest BCUT2D eigenvalue weighted by Crippen LogP contribution is 2.33. The smallest absolute Gasteiger partial charge is 0.335 e. The van der Waals surface area contributed by atoms with Crippen molar-refractivity contribution >= 4 is 23.5 Å². The number of nitrogens with one attached hydrogen (secondary N) is 1. The molecule has 0 spiro atoms. The van der Waals surface area contributed by atoms with Crippen LogP contribution in [0.3, 0.4) is 0 Å². The number of carbonyl (C=O) groups is 3. The van der Waals surface area contributed by atoms with Crippen molar-refractivity contribution in [1.29, 1.82) is 0 Å². The summed E-state index contributed by atoms with van der Waals surface area (Å²) in [6.07, 6.45) is 7.21. The van der Waals surface area contributed by atoms with Crippen molar-refractivity contribution in [3.63, 3.8) is 0 Å². The number of rotatable bonds is 7. The number of aromatic carboxylic acids is 1. The molecule has 158 valence electrons. The lowest BCUT2D eigenvalue weighted by Gasteiger charge is -2.38. The van der Waals surface area contributed by atoms with Gasteiger partial charge in [0.15, 0.2) is 0 Å². The number of hydrogen-bond donors (Lipinski definition) is 3. The van der Waals surface area contributed by atoms with Crippen LogP contribution in [-0.2, 0) is 9.59 Å². The van der Waals surface area contributed by atoms with Gasteiger partial charge in [-0.25, -0.2) is 4.79 Å². The molecule has 7 nitrogen and oxygen atoms in total. The highest BCUT2D eigenvalue weighted by molar-refractivity contribution is 5.94. The van der Waals surface area contributed by atoms with E-state index >= 15 is 0 Å². The summed E-state index contributed by atoms with van der Waals surface area (Å²) in [4.78, 5) is 37.8. The molecule has 0 radical (unpaired) electrons. The summed E-state index contributed by atoms with van der Waals surface area (Å²) in [5, 5.41) is 11.8. The van der Waals surface area contributed by atoms with E-state index in [1.165, 1.54) is 18.6 Å². The van der Waals surface area contributed by atoms with Gasteiger partial charge in [-0.3, -0.25) is 9.59 Å². The summed E-state index contributed by atoms with van der Waals surface area (Å²) < 4.78 is 0. The van der Waals surface area contributed by atoms with Gasteiger partial charge in [-0.1, -0.05) is 6.07 Å². The Bertz CT molecular complexity index is 754. The zero-order valence-corrected chi connectivity index (χ0v) is 17.0. The summed E-state index contributed by atoms with van der Waals surface area (Å²) in [7, 11) is 1.86. The molecule has 0 aliphatic heterocycles. The lowest BCUT2D eigenvalue weighted by Crippen LogP contribution is -2.52. The van der Waals surface area contributed by atoms with Crippen LogP contribution < -0.4 is 11.1 Å². The molecule has 0 unspecified atom stereocenters. The zero-order valence-electron chi connectivity index (χ0n) is 17.0. The Morgan fingerprint density at radius 1 is 1.17 bits per heavy atom. The number of carboxylic acids is 1. The molecular weight excluding hydrogens is 370 g/mol. The van der Waals surface area contributed by atoms with E-state index in [0.717, 1.165) is 38.5 Å². The minimum Gasteiger partial charge on any atom is -0.478 e. The van der Waals surface area contributed by atoms with Crippen molar-refractivity contribution in [3.8, 4) is 0 Å². The van der Waals surface area contributed by atoms with E-state index in [0.29, 0.717) is 18.2 Å². The summed E-state index contributed by atoms with van der Waals surface area (Å²) in [5.74, 6) is -0.638. The molecule has 0 heterocycles. The van der Waals surface area contributed by atoms with Crippen LogP contribution in [0.25, 0.3) is 0 Å². The molecule has 0 aromatic heterocycles. The normalized spacial score (nSPS) is 23.0. The largest absolute Gasteiger partial charge is 0.478 e. The topological polar surface area (TPSA) is 113 Å². The van der Waals surface area contributed by atoms with Crippen molar-refractivity contribution in [2.45, 2.75) is 63.5 Å². The standard InChI is InChI=1S/C22H31N3O4/c1-25(18-6-3-7-18)21(27)20(23)15-10-8-14(9-11-15)12-19(26)24-17-5-2-4-16(13-17)22(28)29/h2,4-5,13-15,18,20H,3,6-12,23H2,1H3,(H,24,26)(H,28,29)/t14?,15?,20-/m0/s1. The van der Waals surface area contributed by atoms with Gasteiger partial charge in [0.25, 0.3) is 0 Å². The number of benzene rings is 1. The van der Waals surface area contributed by atoms with E-state index in [9.17, 15) is 14.4 Å². The predicted molar refractivity (Wildman–Crippen MR) is 110 cm³/mol. The second-order valence-corrected chi connectivity index (χ2v) is 8.48. The van der Waals surface area contributed by atoms with Crippen LogP contribution in [0.2, 0.25) is 0 Å². The molecule has 0 saturated heterocycles. The molecule has 29 heavy (non-hydrogen) atoms. The number of nitrogens with two attached hydrogens (primary N) is 1. The SMILES string of the molecule is CN(C(=O)[C@@H](N)C1CCC(CC(=O)Nc2cccc(C(=O)O)c2)CC1)C1CCC1. The number of amides is 2. The number of hydrogen-bond acceptors (Lipinski definition) is 4.